The molecule has 5 rings (SSSR count). The molecule has 0 N–H and O–H groups in total. The second-order valence-corrected chi connectivity index (χ2v) is 10.8. The second kappa shape index (κ2) is 8.04. The number of ether oxygens (including phenoxy) is 1. The molecule has 6 nitrogen and oxygen atoms in total. The molecule has 8 heteroatoms. The molecule has 2 aromatic carbocycles. The summed E-state index contributed by atoms with van der Waals surface area (Å²) in [5.41, 5.74) is 2.62. The van der Waals surface area contributed by atoms with Crippen molar-refractivity contribution < 1.29 is 18.3 Å². The average molecular weight is 479 g/mol. The van der Waals surface area contributed by atoms with Gasteiger partial charge in [-0.3, -0.25) is 4.90 Å². The van der Waals surface area contributed by atoms with Crippen molar-refractivity contribution in [3.63, 3.8) is 0 Å². The number of aromatic nitrogens is 2. The Morgan fingerprint density at radius 2 is 1.91 bits per heavy atom. The highest BCUT2D eigenvalue weighted by atomic mass is 19.3. The molecule has 1 saturated heterocycles. The van der Waals surface area contributed by atoms with Crippen LogP contribution >= 0.6 is 0 Å². The van der Waals surface area contributed by atoms with Crippen LogP contribution < -0.4 is 4.90 Å². The lowest BCUT2D eigenvalue weighted by atomic mass is 9.75. The van der Waals surface area contributed by atoms with Gasteiger partial charge in [-0.05, 0) is 54.2 Å². The highest BCUT2D eigenvalue weighted by Gasteiger charge is 2.56. The number of anilines is 1. The minimum Gasteiger partial charge on any atom is -0.441 e. The zero-order valence-corrected chi connectivity index (χ0v) is 20.1. The molecule has 2 aliphatic rings. The minimum atomic E-state index is -2.90. The number of hydrogen-bond acceptors (Lipinski definition) is 4. The summed E-state index contributed by atoms with van der Waals surface area (Å²) < 4.78 is 37.6. The molecule has 1 amide bonds. The van der Waals surface area contributed by atoms with Gasteiger partial charge in [-0.1, -0.05) is 32.9 Å². The molecule has 1 aromatic heterocycles. The van der Waals surface area contributed by atoms with Crippen molar-refractivity contribution in [2.45, 2.75) is 63.5 Å². The number of nitriles is 1. The van der Waals surface area contributed by atoms with Crippen LogP contribution in [-0.2, 0) is 16.7 Å². The van der Waals surface area contributed by atoms with E-state index in [0.717, 1.165) is 5.56 Å². The first-order chi connectivity index (χ1) is 16.5. The van der Waals surface area contributed by atoms with Gasteiger partial charge in [0.25, 0.3) is 5.92 Å². The van der Waals surface area contributed by atoms with E-state index in [-0.39, 0.29) is 37.8 Å². The number of benzene rings is 2. The van der Waals surface area contributed by atoms with Crippen molar-refractivity contribution in [2.75, 3.05) is 11.4 Å². The van der Waals surface area contributed by atoms with Crippen LogP contribution in [-0.4, -0.2) is 33.7 Å². The summed E-state index contributed by atoms with van der Waals surface area (Å²) in [4.78, 5) is 18.7. The molecule has 1 aliphatic heterocycles. The summed E-state index contributed by atoms with van der Waals surface area (Å²) in [6.45, 7) is 6.63. The number of imidazole rings is 1. The molecule has 1 saturated carbocycles. The van der Waals surface area contributed by atoms with Crippen LogP contribution in [0.5, 0.6) is 0 Å². The number of rotatable bonds is 3. The van der Waals surface area contributed by atoms with Gasteiger partial charge < -0.3 is 9.30 Å². The molecule has 0 radical (unpaired) electrons. The number of amides is 1. The number of alkyl halides is 2. The zero-order chi connectivity index (χ0) is 25.0. The van der Waals surface area contributed by atoms with Gasteiger partial charge in [0.15, 0.2) is 0 Å². The number of fused-ring (bicyclic) bond motifs is 1. The van der Waals surface area contributed by atoms with E-state index < -0.39 is 23.5 Å². The highest BCUT2D eigenvalue weighted by molar-refractivity contribution is 5.90. The van der Waals surface area contributed by atoms with Crippen molar-refractivity contribution in [3.8, 4) is 6.07 Å². The van der Waals surface area contributed by atoms with Crippen LogP contribution in [0.1, 0.15) is 51.2 Å². The Hall–Kier alpha value is -3.47. The molecule has 3 aromatic rings. The molecule has 2 atom stereocenters. The minimum absolute atomic E-state index is 0.0149. The Morgan fingerprint density at radius 3 is 2.60 bits per heavy atom. The largest absolute Gasteiger partial charge is 0.441 e. The molecule has 35 heavy (non-hydrogen) atoms. The third kappa shape index (κ3) is 4.24. The lowest BCUT2D eigenvalue weighted by Crippen LogP contribution is -2.48. The molecule has 1 aliphatic carbocycles. The molecular weight excluding hydrogens is 450 g/mol. The van der Waals surface area contributed by atoms with Gasteiger partial charge in [-0.25, -0.2) is 18.6 Å². The Kier molecular flexibility index (Phi) is 5.35. The van der Waals surface area contributed by atoms with Gasteiger partial charge in [0, 0.05) is 24.6 Å². The predicted octanol–water partition coefficient (Wildman–Crippen LogP) is 6.04. The van der Waals surface area contributed by atoms with E-state index in [4.69, 9.17) is 4.74 Å². The number of halogens is 2. The SMILES string of the molecule is CC(C)(C)c1ccc(N2C[C@@]3(CCC(F)(F)[C@H](Cn4cnc5ccc(C#N)cc54)C3)OC2=O)cc1. The first kappa shape index (κ1) is 23.3. The Morgan fingerprint density at radius 1 is 1.17 bits per heavy atom. The van der Waals surface area contributed by atoms with Gasteiger partial charge >= 0.3 is 6.09 Å². The lowest BCUT2D eigenvalue weighted by molar-refractivity contribution is -0.139. The standard InChI is InChI=1S/C27H28F2N4O2/c1-25(2,3)19-5-7-21(8-6-19)33-16-26(35-24(33)34)10-11-27(28,29)20(13-26)15-32-17-31-22-9-4-18(14-30)12-23(22)32/h4-9,12,17,20H,10-11,13,15-16H2,1-3H3/t20-,26-/m0/s1. The number of nitrogens with zero attached hydrogens (tertiary/aromatic N) is 4. The van der Waals surface area contributed by atoms with Crippen LogP contribution in [0.2, 0.25) is 0 Å². The third-order valence-corrected chi connectivity index (χ3v) is 7.31. The van der Waals surface area contributed by atoms with E-state index >= 15 is 8.78 Å². The Labute approximate surface area is 203 Å². The van der Waals surface area contributed by atoms with Gasteiger partial charge in [0.05, 0.1) is 35.5 Å². The van der Waals surface area contributed by atoms with E-state index in [1.54, 1.807) is 27.7 Å². The second-order valence-electron chi connectivity index (χ2n) is 10.8. The van der Waals surface area contributed by atoms with E-state index in [9.17, 15) is 10.1 Å². The summed E-state index contributed by atoms with van der Waals surface area (Å²) in [6, 6.07) is 14.9. The molecule has 1 spiro atoms. The molecule has 0 unspecified atom stereocenters. The molecular formula is C27H28F2N4O2. The average Bonchev–Trinajstić information content (AvgIpc) is 3.36. The topological polar surface area (TPSA) is 71.2 Å². The van der Waals surface area contributed by atoms with Gasteiger partial charge in [0.2, 0.25) is 0 Å². The zero-order valence-electron chi connectivity index (χ0n) is 20.1. The molecule has 2 heterocycles. The molecule has 182 valence electrons. The maximum atomic E-state index is 15.1. The van der Waals surface area contributed by atoms with E-state index in [2.05, 4.69) is 31.8 Å². The maximum absolute atomic E-state index is 15.1. The van der Waals surface area contributed by atoms with Crippen LogP contribution in [0.3, 0.4) is 0 Å². The van der Waals surface area contributed by atoms with Crippen molar-refractivity contribution in [1.82, 2.24) is 9.55 Å². The maximum Gasteiger partial charge on any atom is 0.415 e. The summed E-state index contributed by atoms with van der Waals surface area (Å²) in [7, 11) is 0. The molecule has 0 bridgehead atoms. The summed E-state index contributed by atoms with van der Waals surface area (Å²) in [5.74, 6) is -3.93. The van der Waals surface area contributed by atoms with Crippen LogP contribution in [0, 0.1) is 17.2 Å². The number of hydrogen-bond donors (Lipinski definition) is 0. The fraction of sp³-hybridized carbons (Fsp3) is 0.444. The smallest absolute Gasteiger partial charge is 0.415 e. The van der Waals surface area contributed by atoms with Crippen molar-refractivity contribution >= 4 is 22.8 Å². The van der Waals surface area contributed by atoms with Crippen molar-refractivity contribution in [1.29, 1.82) is 5.26 Å². The van der Waals surface area contributed by atoms with Crippen LogP contribution in [0.25, 0.3) is 11.0 Å². The highest BCUT2D eigenvalue weighted by Crippen LogP contribution is 2.48. The van der Waals surface area contributed by atoms with E-state index in [1.165, 1.54) is 6.33 Å². The van der Waals surface area contributed by atoms with E-state index in [1.807, 2.05) is 24.3 Å². The van der Waals surface area contributed by atoms with Crippen molar-refractivity contribution in [2.24, 2.45) is 5.92 Å². The fourth-order valence-corrected chi connectivity index (χ4v) is 5.21. The predicted molar refractivity (Wildman–Crippen MR) is 128 cm³/mol. The Bertz CT molecular complexity index is 1320. The molecule has 2 fully saturated rings. The monoisotopic (exact) mass is 478 g/mol. The summed E-state index contributed by atoms with van der Waals surface area (Å²) in [6.07, 6.45) is 0.858. The van der Waals surface area contributed by atoms with E-state index in [0.29, 0.717) is 22.3 Å². The summed E-state index contributed by atoms with van der Waals surface area (Å²) in [5, 5.41) is 9.22. The van der Waals surface area contributed by atoms with Gasteiger partial charge in [0.1, 0.15) is 5.60 Å². The normalized spacial score (nSPS) is 24.1. The quantitative estimate of drug-likeness (QED) is 0.460. The van der Waals surface area contributed by atoms with Crippen molar-refractivity contribution in [3.05, 3.63) is 59.9 Å². The lowest BCUT2D eigenvalue weighted by Gasteiger charge is -2.40. The third-order valence-electron chi connectivity index (χ3n) is 7.31. The fourth-order valence-electron chi connectivity index (χ4n) is 5.21. The first-order valence-corrected chi connectivity index (χ1v) is 11.8. The van der Waals surface area contributed by atoms with Gasteiger partial charge in [-0.2, -0.15) is 5.26 Å². The summed E-state index contributed by atoms with van der Waals surface area (Å²) >= 11 is 0. The van der Waals surface area contributed by atoms with Crippen LogP contribution in [0.4, 0.5) is 19.3 Å². The van der Waals surface area contributed by atoms with Crippen LogP contribution in [0.15, 0.2) is 48.8 Å². The number of carbonyl (C=O) groups excluding carboxylic acids is 1. The first-order valence-electron chi connectivity index (χ1n) is 11.8. The Balaban J connectivity index is 1.38. The number of carbonyl (C=O) groups is 1. The van der Waals surface area contributed by atoms with Gasteiger partial charge in [-0.15, -0.1) is 0 Å².